The molecular weight excluding hydrogens is 324 g/mol. The van der Waals surface area contributed by atoms with Gasteiger partial charge in [0.25, 0.3) is 0 Å². The number of allylic oxidation sites excluding steroid dienone is 1. The van der Waals surface area contributed by atoms with Crippen LogP contribution in [0.5, 0.6) is 0 Å². The Morgan fingerprint density at radius 2 is 1.92 bits per heavy atom. The Hall–Kier alpha value is -3.08. The van der Waals surface area contributed by atoms with E-state index in [-0.39, 0.29) is 11.8 Å². The number of rotatable bonds is 3. The number of hydrogen-bond acceptors (Lipinski definition) is 4. The molecule has 0 bridgehead atoms. The van der Waals surface area contributed by atoms with Gasteiger partial charge in [0.15, 0.2) is 0 Å². The van der Waals surface area contributed by atoms with E-state index < -0.39 is 0 Å². The van der Waals surface area contributed by atoms with Crippen molar-refractivity contribution in [2.24, 2.45) is 10.7 Å². The maximum atomic E-state index is 12.8. The number of nitrogens with zero attached hydrogens (tertiary/aromatic N) is 2. The predicted molar refractivity (Wildman–Crippen MR) is 106 cm³/mol. The Kier molecular flexibility index (Phi) is 5.07. The molecule has 5 nitrogen and oxygen atoms in total. The predicted octanol–water partition coefficient (Wildman–Crippen LogP) is 3.57. The Morgan fingerprint density at radius 1 is 1.19 bits per heavy atom. The lowest BCUT2D eigenvalue weighted by molar-refractivity contribution is -0.128. The number of para-hydroxylation sites is 1. The Labute approximate surface area is 154 Å². The van der Waals surface area contributed by atoms with Crippen molar-refractivity contribution in [3.05, 3.63) is 71.4 Å². The van der Waals surface area contributed by atoms with Crippen LogP contribution in [0.4, 0.5) is 11.4 Å². The molecule has 1 aliphatic rings. The number of carbonyl (C=O) groups is 1. The summed E-state index contributed by atoms with van der Waals surface area (Å²) >= 11 is 0. The van der Waals surface area contributed by atoms with E-state index in [4.69, 9.17) is 16.5 Å². The van der Waals surface area contributed by atoms with Gasteiger partial charge in [-0.1, -0.05) is 30.3 Å². The highest BCUT2D eigenvalue weighted by molar-refractivity contribution is 6.13. The van der Waals surface area contributed by atoms with Gasteiger partial charge >= 0.3 is 0 Å². The van der Waals surface area contributed by atoms with E-state index in [1.54, 1.807) is 4.90 Å². The highest BCUT2D eigenvalue weighted by Gasteiger charge is 2.36. The molecule has 1 aliphatic heterocycles. The quantitative estimate of drug-likeness (QED) is 0.832. The lowest BCUT2D eigenvalue weighted by Gasteiger charge is -2.35. The molecule has 0 radical (unpaired) electrons. The molecular formula is C21H24N4O. The maximum absolute atomic E-state index is 12.8. The van der Waals surface area contributed by atoms with E-state index >= 15 is 0 Å². The molecule has 0 saturated carbocycles. The minimum Gasteiger partial charge on any atom is -0.402 e. The molecule has 0 aromatic heterocycles. The number of carbonyl (C=O) groups excluding carboxylic acids is 1. The van der Waals surface area contributed by atoms with Crippen molar-refractivity contribution >= 4 is 23.1 Å². The zero-order chi connectivity index (χ0) is 18.7. The molecule has 1 fully saturated rings. The summed E-state index contributed by atoms with van der Waals surface area (Å²) in [5.41, 5.74) is 16.2. The molecule has 0 spiro atoms. The topological polar surface area (TPSA) is 84.7 Å². The van der Waals surface area contributed by atoms with Gasteiger partial charge in [-0.15, -0.1) is 0 Å². The third-order valence-corrected chi connectivity index (χ3v) is 4.57. The Morgan fingerprint density at radius 3 is 2.54 bits per heavy atom. The average molecular weight is 348 g/mol. The molecule has 3 rings (SSSR count). The van der Waals surface area contributed by atoms with E-state index in [1.165, 1.54) is 0 Å². The zero-order valence-electron chi connectivity index (χ0n) is 15.1. The number of hydrogen-bond donors (Lipinski definition) is 2. The van der Waals surface area contributed by atoms with Crippen molar-refractivity contribution in [3.8, 4) is 0 Å². The molecule has 1 atom stereocenters. The fraction of sp³-hybridized carbons (Fsp3) is 0.238. The van der Waals surface area contributed by atoms with Crippen molar-refractivity contribution in [2.45, 2.75) is 26.2 Å². The molecule has 1 amide bonds. The molecule has 2 aromatic rings. The zero-order valence-corrected chi connectivity index (χ0v) is 15.1. The smallest absolute Gasteiger partial charge is 0.229 e. The summed E-state index contributed by atoms with van der Waals surface area (Å²) in [6, 6.07) is 17.2. The van der Waals surface area contributed by atoms with Crippen LogP contribution >= 0.6 is 0 Å². The van der Waals surface area contributed by atoms with Crippen LogP contribution in [0.2, 0.25) is 0 Å². The molecule has 26 heavy (non-hydrogen) atoms. The fourth-order valence-electron chi connectivity index (χ4n) is 3.39. The number of aliphatic imine (C=N–C) groups is 1. The molecule has 134 valence electrons. The van der Waals surface area contributed by atoms with E-state index in [0.29, 0.717) is 30.2 Å². The molecule has 0 aliphatic carbocycles. The highest BCUT2D eigenvalue weighted by atomic mass is 16.2. The average Bonchev–Trinajstić information content (AvgIpc) is 2.62. The van der Waals surface area contributed by atoms with Crippen LogP contribution in [0.3, 0.4) is 0 Å². The number of likely N-dealkylation sites (N-methyl/N-ethyl adjacent to an activating group) is 1. The first-order valence-corrected chi connectivity index (χ1v) is 8.77. The maximum Gasteiger partial charge on any atom is 0.229 e. The van der Waals surface area contributed by atoms with Crippen molar-refractivity contribution < 1.29 is 4.79 Å². The minimum absolute atomic E-state index is 0.0413. The third kappa shape index (κ3) is 3.47. The van der Waals surface area contributed by atoms with Crippen LogP contribution < -0.4 is 11.5 Å². The Bertz CT molecular complexity index is 867. The van der Waals surface area contributed by atoms with E-state index in [2.05, 4.69) is 0 Å². The molecule has 5 heteroatoms. The van der Waals surface area contributed by atoms with Crippen LogP contribution in [0.1, 0.15) is 31.7 Å². The van der Waals surface area contributed by atoms with Gasteiger partial charge in [-0.05, 0) is 43.7 Å². The number of amides is 1. The Balaban J connectivity index is 2.16. The van der Waals surface area contributed by atoms with Crippen LogP contribution in [0, 0.1) is 0 Å². The van der Waals surface area contributed by atoms with E-state index in [0.717, 1.165) is 16.8 Å². The van der Waals surface area contributed by atoms with Gasteiger partial charge in [-0.2, -0.15) is 0 Å². The summed E-state index contributed by atoms with van der Waals surface area (Å²) in [6.45, 7) is 4.35. The first-order valence-electron chi connectivity index (χ1n) is 8.77. The molecule has 2 aromatic carbocycles. The molecule has 4 N–H and O–H groups in total. The number of benzene rings is 2. The third-order valence-electron chi connectivity index (χ3n) is 4.57. The number of nitrogen functional groups attached to an aromatic ring is 1. The number of amidine groups is 1. The first kappa shape index (κ1) is 17.7. The van der Waals surface area contributed by atoms with Gasteiger partial charge in [0, 0.05) is 35.8 Å². The van der Waals surface area contributed by atoms with Gasteiger partial charge in [0.1, 0.15) is 5.84 Å². The lowest BCUT2D eigenvalue weighted by atomic mass is 9.82. The molecule has 1 unspecified atom stereocenters. The fourth-order valence-corrected chi connectivity index (χ4v) is 3.39. The summed E-state index contributed by atoms with van der Waals surface area (Å²) in [7, 11) is 0. The van der Waals surface area contributed by atoms with Crippen molar-refractivity contribution in [3.63, 3.8) is 0 Å². The summed E-state index contributed by atoms with van der Waals surface area (Å²) in [4.78, 5) is 19.3. The second-order valence-electron chi connectivity index (χ2n) is 6.43. The molecule has 1 saturated heterocycles. The normalized spacial score (nSPS) is 21.2. The summed E-state index contributed by atoms with van der Waals surface area (Å²) in [6.07, 6.45) is 0.356. The summed E-state index contributed by atoms with van der Waals surface area (Å²) < 4.78 is 0. The lowest BCUT2D eigenvalue weighted by Crippen LogP contribution is -2.45. The van der Waals surface area contributed by atoms with Crippen LogP contribution in [0.15, 0.2) is 70.9 Å². The summed E-state index contributed by atoms with van der Waals surface area (Å²) in [5.74, 6) is 0.517. The largest absolute Gasteiger partial charge is 0.402 e. The standard InChI is InChI=1S/C21H24N4O/c1-3-25-19(26)13-18(15-8-7-9-16(23)12-15)20(14(2)22)21(25)24-17-10-5-4-6-11-17/h4-12,18H,3,13,22-23H2,1-2H3/b20-14-,24-21?. The highest BCUT2D eigenvalue weighted by Crippen LogP contribution is 2.37. The van der Waals surface area contributed by atoms with Gasteiger partial charge in [-0.25, -0.2) is 4.99 Å². The number of piperidine rings is 1. The van der Waals surface area contributed by atoms with Gasteiger partial charge in [0.05, 0.1) is 5.69 Å². The van der Waals surface area contributed by atoms with Crippen molar-refractivity contribution in [2.75, 3.05) is 12.3 Å². The van der Waals surface area contributed by atoms with E-state index in [9.17, 15) is 4.79 Å². The SMILES string of the molecule is CCN1C(=O)CC(c2cccc(N)c2)/C(=C(\C)N)C1=Nc1ccccc1. The van der Waals surface area contributed by atoms with E-state index in [1.807, 2.05) is 68.4 Å². The minimum atomic E-state index is -0.152. The van der Waals surface area contributed by atoms with Crippen LogP contribution in [-0.2, 0) is 4.79 Å². The number of nitrogens with two attached hydrogens (primary N) is 2. The van der Waals surface area contributed by atoms with Gasteiger partial charge in [0.2, 0.25) is 5.91 Å². The van der Waals surface area contributed by atoms with Gasteiger partial charge in [-0.3, -0.25) is 9.69 Å². The van der Waals surface area contributed by atoms with Crippen LogP contribution in [0.25, 0.3) is 0 Å². The second-order valence-corrected chi connectivity index (χ2v) is 6.43. The van der Waals surface area contributed by atoms with Crippen molar-refractivity contribution in [1.82, 2.24) is 4.90 Å². The summed E-state index contributed by atoms with van der Waals surface area (Å²) in [5, 5.41) is 0. The second kappa shape index (κ2) is 7.44. The van der Waals surface area contributed by atoms with Gasteiger partial charge < -0.3 is 11.5 Å². The first-order chi connectivity index (χ1) is 12.5. The van der Waals surface area contributed by atoms with Crippen molar-refractivity contribution in [1.29, 1.82) is 0 Å². The number of anilines is 1. The number of likely N-dealkylation sites (tertiary alicyclic amines) is 1. The monoisotopic (exact) mass is 348 g/mol. The van der Waals surface area contributed by atoms with Crippen LogP contribution in [-0.4, -0.2) is 23.2 Å². The molecule has 1 heterocycles.